The number of hydrogen-bond donors (Lipinski definition) is 1. The Labute approximate surface area is 106 Å². The van der Waals surface area contributed by atoms with Crippen LogP contribution < -0.4 is 4.74 Å². The third-order valence-electron chi connectivity index (χ3n) is 2.91. The van der Waals surface area contributed by atoms with Gasteiger partial charge >= 0.3 is 6.09 Å². The number of amides is 1. The molecule has 0 bridgehead atoms. The Morgan fingerprint density at radius 1 is 1.61 bits per heavy atom. The quantitative estimate of drug-likeness (QED) is 0.891. The summed E-state index contributed by atoms with van der Waals surface area (Å²) in [5.74, 6) is 0.808. The smallest absolute Gasteiger partial charge is 0.407 e. The zero-order chi connectivity index (χ0) is 13.0. The van der Waals surface area contributed by atoms with Gasteiger partial charge in [-0.1, -0.05) is 6.08 Å². The van der Waals surface area contributed by atoms with Crippen LogP contribution in [0.5, 0.6) is 5.75 Å². The van der Waals surface area contributed by atoms with Gasteiger partial charge in [0, 0.05) is 31.0 Å². The van der Waals surface area contributed by atoms with Crippen molar-refractivity contribution < 1.29 is 14.6 Å². The van der Waals surface area contributed by atoms with Crippen molar-refractivity contribution in [2.75, 3.05) is 19.7 Å². The molecule has 0 spiro atoms. The Morgan fingerprint density at radius 3 is 3.06 bits per heavy atom. The van der Waals surface area contributed by atoms with Gasteiger partial charge in [-0.25, -0.2) is 4.79 Å². The molecule has 96 valence electrons. The summed E-state index contributed by atoms with van der Waals surface area (Å²) in [5, 5.41) is 8.89. The largest absolute Gasteiger partial charge is 0.493 e. The highest BCUT2D eigenvalue weighted by Gasteiger charge is 2.18. The predicted molar refractivity (Wildman–Crippen MR) is 67.6 cm³/mol. The van der Waals surface area contributed by atoms with Crippen LogP contribution >= 0.6 is 0 Å². The van der Waals surface area contributed by atoms with Gasteiger partial charge in [0.05, 0.1) is 6.61 Å². The zero-order valence-electron chi connectivity index (χ0n) is 10.3. The summed E-state index contributed by atoms with van der Waals surface area (Å²) in [4.78, 5) is 16.3. The molecule has 0 aliphatic carbocycles. The summed E-state index contributed by atoms with van der Waals surface area (Å²) >= 11 is 0. The first-order valence-electron chi connectivity index (χ1n) is 5.96. The highest BCUT2D eigenvalue weighted by Crippen LogP contribution is 2.29. The molecule has 2 heterocycles. The molecule has 1 amide bonds. The van der Waals surface area contributed by atoms with Crippen LogP contribution in [-0.2, 0) is 0 Å². The molecular weight excluding hydrogens is 232 g/mol. The number of hydrogen-bond acceptors (Lipinski definition) is 3. The fourth-order valence-electron chi connectivity index (χ4n) is 1.99. The first-order valence-corrected chi connectivity index (χ1v) is 5.96. The van der Waals surface area contributed by atoms with E-state index < -0.39 is 6.09 Å². The summed E-state index contributed by atoms with van der Waals surface area (Å²) < 4.78 is 5.55. The van der Waals surface area contributed by atoms with Gasteiger partial charge in [-0.15, -0.1) is 0 Å². The van der Waals surface area contributed by atoms with Crippen LogP contribution in [0.1, 0.15) is 18.9 Å². The maximum atomic E-state index is 10.8. The van der Waals surface area contributed by atoms with Crippen LogP contribution in [0.25, 0.3) is 5.57 Å². The molecule has 5 nitrogen and oxygen atoms in total. The van der Waals surface area contributed by atoms with Crippen LogP contribution in [0.2, 0.25) is 0 Å². The number of nitrogens with zero attached hydrogens (tertiary/aromatic N) is 2. The molecule has 0 saturated heterocycles. The standard InChI is InChI=1S/C13H16N2O3/c1-2-18-12-3-6-14-9-11(12)10-4-7-15(8-5-10)13(16)17/h3-4,6,9H,2,5,7-8H2,1H3,(H,16,17). The van der Waals surface area contributed by atoms with Crippen LogP contribution in [-0.4, -0.2) is 40.8 Å². The van der Waals surface area contributed by atoms with Gasteiger partial charge < -0.3 is 14.7 Å². The molecule has 1 N–H and O–H groups in total. The van der Waals surface area contributed by atoms with Crippen molar-refractivity contribution in [3.63, 3.8) is 0 Å². The lowest BCUT2D eigenvalue weighted by molar-refractivity contribution is 0.150. The highest BCUT2D eigenvalue weighted by molar-refractivity contribution is 5.73. The van der Waals surface area contributed by atoms with Crippen molar-refractivity contribution >= 4 is 11.7 Å². The number of aromatic nitrogens is 1. The molecule has 0 unspecified atom stereocenters. The average molecular weight is 248 g/mol. The van der Waals surface area contributed by atoms with E-state index in [2.05, 4.69) is 4.98 Å². The van der Waals surface area contributed by atoms with Crippen molar-refractivity contribution in [1.29, 1.82) is 0 Å². The Morgan fingerprint density at radius 2 is 2.44 bits per heavy atom. The fourth-order valence-corrected chi connectivity index (χ4v) is 1.99. The van der Waals surface area contributed by atoms with E-state index in [-0.39, 0.29) is 0 Å². The SMILES string of the molecule is CCOc1ccncc1C1=CCN(C(=O)O)CC1. The summed E-state index contributed by atoms with van der Waals surface area (Å²) in [6.07, 6.45) is 5.21. The normalized spacial score (nSPS) is 15.2. The van der Waals surface area contributed by atoms with Crippen LogP contribution in [0.15, 0.2) is 24.5 Å². The molecule has 18 heavy (non-hydrogen) atoms. The van der Waals surface area contributed by atoms with Crippen molar-refractivity contribution in [1.82, 2.24) is 9.88 Å². The molecule has 1 aliphatic heterocycles. The third kappa shape index (κ3) is 2.61. The van der Waals surface area contributed by atoms with E-state index in [1.165, 1.54) is 4.90 Å². The minimum Gasteiger partial charge on any atom is -0.493 e. The minimum atomic E-state index is -0.874. The second-order valence-corrected chi connectivity index (χ2v) is 4.01. The van der Waals surface area contributed by atoms with E-state index in [9.17, 15) is 4.79 Å². The number of ether oxygens (including phenoxy) is 1. The molecule has 1 aromatic heterocycles. The second kappa shape index (κ2) is 5.53. The topological polar surface area (TPSA) is 62.7 Å². The summed E-state index contributed by atoms with van der Waals surface area (Å²) in [6.45, 7) is 3.48. The number of pyridine rings is 1. The van der Waals surface area contributed by atoms with E-state index in [4.69, 9.17) is 9.84 Å². The lowest BCUT2D eigenvalue weighted by Gasteiger charge is -2.24. The average Bonchev–Trinajstić information content (AvgIpc) is 2.40. The first-order chi connectivity index (χ1) is 8.72. The number of carboxylic acid groups (broad SMARTS) is 1. The van der Waals surface area contributed by atoms with Gasteiger partial charge in [0.15, 0.2) is 0 Å². The predicted octanol–water partition coefficient (Wildman–Crippen LogP) is 2.25. The number of rotatable bonds is 3. The van der Waals surface area contributed by atoms with Gasteiger partial charge in [-0.2, -0.15) is 0 Å². The molecule has 0 fully saturated rings. The molecule has 1 aromatic rings. The second-order valence-electron chi connectivity index (χ2n) is 4.01. The van der Waals surface area contributed by atoms with E-state index in [1.54, 1.807) is 12.4 Å². The summed E-state index contributed by atoms with van der Waals surface area (Å²) in [6, 6.07) is 1.84. The van der Waals surface area contributed by atoms with E-state index in [0.29, 0.717) is 26.1 Å². The van der Waals surface area contributed by atoms with Crippen LogP contribution in [0.3, 0.4) is 0 Å². The highest BCUT2D eigenvalue weighted by atomic mass is 16.5. The maximum Gasteiger partial charge on any atom is 0.407 e. The lowest BCUT2D eigenvalue weighted by Crippen LogP contribution is -2.33. The zero-order valence-corrected chi connectivity index (χ0v) is 10.3. The first kappa shape index (κ1) is 12.4. The van der Waals surface area contributed by atoms with E-state index in [0.717, 1.165) is 16.9 Å². The van der Waals surface area contributed by atoms with Gasteiger partial charge in [0.25, 0.3) is 0 Å². The third-order valence-corrected chi connectivity index (χ3v) is 2.91. The van der Waals surface area contributed by atoms with E-state index in [1.807, 2.05) is 19.1 Å². The van der Waals surface area contributed by atoms with Gasteiger partial charge in [0.1, 0.15) is 5.75 Å². The number of carbonyl (C=O) groups is 1. The molecule has 0 radical (unpaired) electrons. The van der Waals surface area contributed by atoms with Crippen LogP contribution in [0.4, 0.5) is 4.79 Å². The van der Waals surface area contributed by atoms with Crippen molar-refractivity contribution in [2.24, 2.45) is 0 Å². The van der Waals surface area contributed by atoms with Crippen molar-refractivity contribution in [3.05, 3.63) is 30.1 Å². The Balaban J connectivity index is 2.20. The van der Waals surface area contributed by atoms with E-state index >= 15 is 0 Å². The molecule has 0 aromatic carbocycles. The monoisotopic (exact) mass is 248 g/mol. The van der Waals surface area contributed by atoms with Crippen LogP contribution in [0, 0.1) is 0 Å². The minimum absolute atomic E-state index is 0.422. The Bertz CT molecular complexity index is 471. The molecule has 0 atom stereocenters. The Kier molecular flexibility index (Phi) is 3.82. The van der Waals surface area contributed by atoms with Gasteiger partial charge in [-0.05, 0) is 25.0 Å². The molecule has 5 heteroatoms. The van der Waals surface area contributed by atoms with Crippen molar-refractivity contribution in [3.8, 4) is 5.75 Å². The fraction of sp³-hybridized carbons (Fsp3) is 0.385. The Hall–Kier alpha value is -2.04. The molecule has 0 saturated carbocycles. The molecular formula is C13H16N2O3. The van der Waals surface area contributed by atoms with Gasteiger partial charge in [0.2, 0.25) is 0 Å². The lowest BCUT2D eigenvalue weighted by atomic mass is 10.0. The summed E-state index contributed by atoms with van der Waals surface area (Å²) in [5.41, 5.74) is 2.06. The summed E-state index contributed by atoms with van der Waals surface area (Å²) in [7, 11) is 0. The van der Waals surface area contributed by atoms with Gasteiger partial charge in [-0.3, -0.25) is 4.98 Å². The molecule has 1 aliphatic rings. The maximum absolute atomic E-state index is 10.8. The van der Waals surface area contributed by atoms with Crippen molar-refractivity contribution in [2.45, 2.75) is 13.3 Å². The molecule has 2 rings (SSSR count).